The van der Waals surface area contributed by atoms with Crippen LogP contribution in [0.25, 0.3) is 0 Å². The average Bonchev–Trinajstić information content (AvgIpc) is 2.84. The standard InChI is InChI=1S/C26H28N4O4/c31-25(11-5-7-15-28-24-10-4-6-14-27-24)29-19-12-13-23-22(16-19)30(20-8-2-1-3-9-20)18-21(34-23)17-26(32)33/h1-4,6,8-10,12-14,16,21H,5,7,11,15,17-18H2,(H,27,28)(H,29,31)(H,32,33). The number of para-hydroxylation sites is 1. The van der Waals surface area contributed by atoms with Crippen molar-refractivity contribution in [1.29, 1.82) is 0 Å². The number of nitrogens with one attached hydrogen (secondary N) is 2. The van der Waals surface area contributed by atoms with Gasteiger partial charge in [0.1, 0.15) is 17.7 Å². The summed E-state index contributed by atoms with van der Waals surface area (Å²) in [5.74, 6) is 0.474. The maximum atomic E-state index is 12.5. The SMILES string of the molecule is O=C(O)CC1CN(c2ccccc2)c2cc(NC(=O)CCCCNc3ccccn3)ccc2O1. The molecule has 176 valence electrons. The number of unbranched alkanes of at least 4 members (excludes halogenated alkanes) is 1. The molecule has 3 N–H and O–H groups in total. The summed E-state index contributed by atoms with van der Waals surface area (Å²) in [5.41, 5.74) is 2.41. The normalized spacial score (nSPS) is 14.6. The molecule has 0 bridgehead atoms. The number of benzene rings is 2. The van der Waals surface area contributed by atoms with Crippen LogP contribution in [0.1, 0.15) is 25.7 Å². The molecule has 2 aromatic carbocycles. The molecule has 34 heavy (non-hydrogen) atoms. The molecule has 1 amide bonds. The maximum Gasteiger partial charge on any atom is 0.307 e. The number of pyridine rings is 1. The highest BCUT2D eigenvalue weighted by atomic mass is 16.5. The molecule has 3 aromatic rings. The fraction of sp³-hybridized carbons (Fsp3) is 0.269. The van der Waals surface area contributed by atoms with Crippen molar-refractivity contribution >= 4 is 34.8 Å². The number of carbonyl (C=O) groups is 2. The van der Waals surface area contributed by atoms with E-state index in [9.17, 15) is 14.7 Å². The van der Waals surface area contributed by atoms with E-state index in [0.29, 0.717) is 24.4 Å². The lowest BCUT2D eigenvalue weighted by molar-refractivity contribution is -0.138. The second-order valence-electron chi connectivity index (χ2n) is 8.11. The molecule has 1 aromatic heterocycles. The first-order chi connectivity index (χ1) is 16.6. The van der Waals surface area contributed by atoms with E-state index in [2.05, 4.69) is 15.6 Å². The molecule has 0 fully saturated rings. The lowest BCUT2D eigenvalue weighted by atomic mass is 10.1. The summed E-state index contributed by atoms with van der Waals surface area (Å²) in [6.07, 6.45) is 3.22. The van der Waals surface area contributed by atoms with Crippen LogP contribution < -0.4 is 20.3 Å². The summed E-state index contributed by atoms with van der Waals surface area (Å²) >= 11 is 0. The number of amides is 1. The van der Waals surface area contributed by atoms with E-state index in [1.807, 2.05) is 59.5 Å². The number of aromatic nitrogens is 1. The number of fused-ring (bicyclic) bond motifs is 1. The largest absolute Gasteiger partial charge is 0.486 e. The summed E-state index contributed by atoms with van der Waals surface area (Å²) in [5, 5.41) is 15.4. The van der Waals surface area contributed by atoms with Gasteiger partial charge in [-0.2, -0.15) is 0 Å². The van der Waals surface area contributed by atoms with Crippen molar-refractivity contribution in [2.75, 3.05) is 28.6 Å². The van der Waals surface area contributed by atoms with Crippen LogP contribution in [-0.2, 0) is 9.59 Å². The van der Waals surface area contributed by atoms with Crippen LogP contribution in [0.5, 0.6) is 5.75 Å². The minimum atomic E-state index is -0.902. The number of rotatable bonds is 10. The Labute approximate surface area is 198 Å². The average molecular weight is 461 g/mol. The van der Waals surface area contributed by atoms with Crippen molar-refractivity contribution in [3.63, 3.8) is 0 Å². The van der Waals surface area contributed by atoms with Gasteiger partial charge in [0.25, 0.3) is 0 Å². The summed E-state index contributed by atoms with van der Waals surface area (Å²) < 4.78 is 5.94. The van der Waals surface area contributed by atoms with Gasteiger partial charge in [-0.3, -0.25) is 9.59 Å². The molecule has 1 atom stereocenters. The molecule has 1 aliphatic heterocycles. The van der Waals surface area contributed by atoms with Gasteiger partial charge in [-0.1, -0.05) is 24.3 Å². The van der Waals surface area contributed by atoms with Crippen molar-refractivity contribution < 1.29 is 19.4 Å². The van der Waals surface area contributed by atoms with Crippen LogP contribution in [-0.4, -0.2) is 41.2 Å². The van der Waals surface area contributed by atoms with Crippen LogP contribution in [0.4, 0.5) is 22.9 Å². The van der Waals surface area contributed by atoms with Gasteiger partial charge in [-0.15, -0.1) is 0 Å². The summed E-state index contributed by atoms with van der Waals surface area (Å²) in [6, 6.07) is 20.9. The fourth-order valence-corrected chi connectivity index (χ4v) is 3.90. The quantitative estimate of drug-likeness (QED) is 0.378. The van der Waals surface area contributed by atoms with Gasteiger partial charge in [0.2, 0.25) is 5.91 Å². The van der Waals surface area contributed by atoms with E-state index in [4.69, 9.17) is 4.74 Å². The minimum Gasteiger partial charge on any atom is -0.486 e. The number of hydrogen-bond acceptors (Lipinski definition) is 6. The molecule has 0 spiro atoms. The Balaban J connectivity index is 1.36. The van der Waals surface area contributed by atoms with Gasteiger partial charge in [0.05, 0.1) is 18.7 Å². The van der Waals surface area contributed by atoms with Gasteiger partial charge in [0.15, 0.2) is 0 Å². The molecule has 8 nitrogen and oxygen atoms in total. The number of hydrogen-bond donors (Lipinski definition) is 3. The topological polar surface area (TPSA) is 104 Å². The van der Waals surface area contributed by atoms with Crippen LogP contribution in [0.2, 0.25) is 0 Å². The number of aliphatic carboxylic acids is 1. The molecule has 0 aliphatic carbocycles. The van der Waals surface area contributed by atoms with Crippen molar-refractivity contribution in [2.45, 2.75) is 31.8 Å². The van der Waals surface area contributed by atoms with Gasteiger partial charge in [-0.25, -0.2) is 4.98 Å². The third-order valence-corrected chi connectivity index (χ3v) is 5.49. The fourth-order valence-electron chi connectivity index (χ4n) is 3.90. The molecule has 0 saturated carbocycles. The molecular weight excluding hydrogens is 432 g/mol. The van der Waals surface area contributed by atoms with Crippen LogP contribution in [0.3, 0.4) is 0 Å². The Kier molecular flexibility index (Phi) is 7.60. The van der Waals surface area contributed by atoms with Crippen LogP contribution >= 0.6 is 0 Å². The summed E-state index contributed by atoms with van der Waals surface area (Å²) in [6.45, 7) is 1.16. The number of carboxylic acids is 1. The van der Waals surface area contributed by atoms with E-state index < -0.39 is 12.1 Å². The molecule has 2 heterocycles. The number of anilines is 4. The molecule has 4 rings (SSSR count). The van der Waals surface area contributed by atoms with Crippen molar-refractivity contribution in [1.82, 2.24) is 4.98 Å². The Morgan fingerprint density at radius 3 is 2.65 bits per heavy atom. The van der Waals surface area contributed by atoms with E-state index in [0.717, 1.165) is 36.6 Å². The molecule has 1 aliphatic rings. The van der Waals surface area contributed by atoms with Gasteiger partial charge in [0, 0.05) is 30.5 Å². The van der Waals surface area contributed by atoms with Crippen molar-refractivity contribution in [2.24, 2.45) is 0 Å². The number of carboxylic acid groups (broad SMARTS) is 1. The highest BCUT2D eigenvalue weighted by Gasteiger charge is 2.28. The van der Waals surface area contributed by atoms with Gasteiger partial charge >= 0.3 is 5.97 Å². The van der Waals surface area contributed by atoms with E-state index in [1.54, 1.807) is 18.3 Å². The zero-order valence-corrected chi connectivity index (χ0v) is 18.8. The number of nitrogens with zero attached hydrogens (tertiary/aromatic N) is 2. The molecule has 1 unspecified atom stereocenters. The Morgan fingerprint density at radius 2 is 1.88 bits per heavy atom. The molecule has 8 heteroatoms. The maximum absolute atomic E-state index is 12.5. The van der Waals surface area contributed by atoms with Crippen LogP contribution in [0.15, 0.2) is 72.9 Å². The zero-order valence-electron chi connectivity index (χ0n) is 18.8. The Morgan fingerprint density at radius 1 is 1.06 bits per heavy atom. The smallest absolute Gasteiger partial charge is 0.307 e. The zero-order chi connectivity index (χ0) is 23.8. The van der Waals surface area contributed by atoms with E-state index >= 15 is 0 Å². The van der Waals surface area contributed by atoms with Crippen molar-refractivity contribution in [3.8, 4) is 5.75 Å². The second kappa shape index (κ2) is 11.2. The van der Waals surface area contributed by atoms with Crippen molar-refractivity contribution in [3.05, 3.63) is 72.9 Å². The van der Waals surface area contributed by atoms with Gasteiger partial charge < -0.3 is 25.4 Å². The number of ether oxygens (including phenoxy) is 1. The number of carbonyl (C=O) groups excluding carboxylic acids is 1. The van der Waals surface area contributed by atoms with E-state index in [1.165, 1.54) is 0 Å². The van der Waals surface area contributed by atoms with Gasteiger partial charge in [-0.05, 0) is 55.3 Å². The highest BCUT2D eigenvalue weighted by molar-refractivity contribution is 5.92. The van der Waals surface area contributed by atoms with Crippen LogP contribution in [0, 0.1) is 0 Å². The molecule has 0 saturated heterocycles. The molecule has 0 radical (unpaired) electrons. The second-order valence-corrected chi connectivity index (χ2v) is 8.11. The lowest BCUT2D eigenvalue weighted by Crippen LogP contribution is -2.38. The third-order valence-electron chi connectivity index (χ3n) is 5.49. The Hall–Kier alpha value is -4.07. The minimum absolute atomic E-state index is 0.0514. The Bertz CT molecular complexity index is 1110. The first kappa shape index (κ1) is 23.1. The predicted octanol–water partition coefficient (Wildman–Crippen LogP) is 4.68. The highest BCUT2D eigenvalue weighted by Crippen LogP contribution is 2.40. The first-order valence-corrected chi connectivity index (χ1v) is 11.4. The summed E-state index contributed by atoms with van der Waals surface area (Å²) in [7, 11) is 0. The predicted molar refractivity (Wildman–Crippen MR) is 132 cm³/mol. The lowest BCUT2D eigenvalue weighted by Gasteiger charge is -2.36. The first-order valence-electron chi connectivity index (χ1n) is 11.4. The molecular formula is C26H28N4O4. The third kappa shape index (κ3) is 6.25. The van der Waals surface area contributed by atoms with E-state index in [-0.39, 0.29) is 12.3 Å². The monoisotopic (exact) mass is 460 g/mol. The summed E-state index contributed by atoms with van der Waals surface area (Å²) in [4.78, 5) is 30.0.